The summed E-state index contributed by atoms with van der Waals surface area (Å²) >= 11 is 0. The zero-order valence-electron chi connectivity index (χ0n) is 16.7. The van der Waals surface area contributed by atoms with E-state index in [1.165, 1.54) is 12.1 Å². The molecule has 2 aromatic rings. The maximum Gasteiger partial charge on any atom is 0.203 e. The highest BCUT2D eigenvalue weighted by molar-refractivity contribution is 5.55. The third kappa shape index (κ3) is 4.94. The van der Waals surface area contributed by atoms with Crippen molar-refractivity contribution in [1.29, 1.82) is 0 Å². The summed E-state index contributed by atoms with van der Waals surface area (Å²) in [6.07, 6.45) is 2.36. The molecule has 0 bridgehead atoms. The van der Waals surface area contributed by atoms with Crippen LogP contribution in [0.15, 0.2) is 36.4 Å². The average molecular weight is 389 g/mol. The van der Waals surface area contributed by atoms with Gasteiger partial charge in [0.15, 0.2) is 11.5 Å². The first-order chi connectivity index (χ1) is 13.6. The Morgan fingerprint density at radius 2 is 1.71 bits per heavy atom. The summed E-state index contributed by atoms with van der Waals surface area (Å²) in [5.74, 6) is 1.66. The fourth-order valence-electron chi connectivity index (χ4n) is 3.64. The molecule has 0 radical (unpaired) electrons. The minimum atomic E-state index is -0.226. The maximum atomic E-state index is 13.3. The van der Waals surface area contributed by atoms with Crippen LogP contribution in [0.3, 0.4) is 0 Å². The van der Waals surface area contributed by atoms with Gasteiger partial charge in [0.05, 0.1) is 27.4 Å². The molecule has 0 saturated carbocycles. The number of benzene rings is 2. The summed E-state index contributed by atoms with van der Waals surface area (Å²) < 4.78 is 35.6. The lowest BCUT2D eigenvalue weighted by Gasteiger charge is -2.27. The van der Waals surface area contributed by atoms with Gasteiger partial charge < -0.3 is 18.9 Å². The highest BCUT2D eigenvalue weighted by Gasteiger charge is 2.22. The van der Waals surface area contributed by atoms with Crippen molar-refractivity contribution in [3.63, 3.8) is 0 Å². The SMILES string of the molecule is COc1ccc(CN(Cc2ccc(F)cc2)CC2CCCO2)c(OC)c1OC. The molecule has 1 unspecified atom stereocenters. The molecule has 6 heteroatoms. The average Bonchev–Trinajstić information content (AvgIpc) is 3.22. The van der Waals surface area contributed by atoms with E-state index in [0.717, 1.165) is 37.1 Å². The van der Waals surface area contributed by atoms with Crippen LogP contribution in [0.4, 0.5) is 4.39 Å². The second-order valence-corrected chi connectivity index (χ2v) is 6.92. The zero-order valence-corrected chi connectivity index (χ0v) is 16.7. The van der Waals surface area contributed by atoms with Crippen LogP contribution in [0, 0.1) is 5.82 Å². The van der Waals surface area contributed by atoms with Crippen LogP contribution < -0.4 is 14.2 Å². The molecule has 5 nitrogen and oxygen atoms in total. The van der Waals surface area contributed by atoms with E-state index in [9.17, 15) is 4.39 Å². The summed E-state index contributed by atoms with van der Waals surface area (Å²) in [7, 11) is 4.84. The van der Waals surface area contributed by atoms with Crippen LogP contribution in [-0.4, -0.2) is 45.5 Å². The standard InChI is InChI=1S/C22H28FNO4/c1-25-20-11-8-17(21(26-2)22(20)27-3)14-24(15-19-5-4-12-28-19)13-16-6-9-18(23)10-7-16/h6-11,19H,4-5,12-15H2,1-3H3. The smallest absolute Gasteiger partial charge is 0.203 e. The third-order valence-corrected chi connectivity index (χ3v) is 4.98. The van der Waals surface area contributed by atoms with Crippen molar-refractivity contribution in [3.8, 4) is 17.2 Å². The fraction of sp³-hybridized carbons (Fsp3) is 0.455. The maximum absolute atomic E-state index is 13.3. The zero-order chi connectivity index (χ0) is 19.9. The second kappa shape index (κ2) is 9.75. The summed E-state index contributed by atoms with van der Waals surface area (Å²) in [5, 5.41) is 0. The molecule has 152 valence electrons. The normalized spacial score (nSPS) is 16.4. The lowest BCUT2D eigenvalue weighted by molar-refractivity contribution is 0.0675. The van der Waals surface area contributed by atoms with Crippen LogP contribution in [0.2, 0.25) is 0 Å². The van der Waals surface area contributed by atoms with E-state index >= 15 is 0 Å². The third-order valence-electron chi connectivity index (χ3n) is 4.98. The summed E-state index contributed by atoms with van der Waals surface area (Å²) in [6.45, 7) is 2.96. The van der Waals surface area contributed by atoms with Crippen LogP contribution in [0.1, 0.15) is 24.0 Å². The van der Waals surface area contributed by atoms with E-state index < -0.39 is 0 Å². The van der Waals surface area contributed by atoms with Gasteiger partial charge in [0.2, 0.25) is 5.75 Å². The first kappa shape index (κ1) is 20.4. The van der Waals surface area contributed by atoms with Crippen molar-refractivity contribution < 1.29 is 23.3 Å². The van der Waals surface area contributed by atoms with Gasteiger partial charge in [-0.1, -0.05) is 18.2 Å². The summed E-state index contributed by atoms with van der Waals surface area (Å²) in [4.78, 5) is 2.30. The molecule has 28 heavy (non-hydrogen) atoms. The molecule has 0 N–H and O–H groups in total. The monoisotopic (exact) mass is 389 g/mol. The predicted octanol–water partition coefficient (Wildman–Crippen LogP) is 4.03. The molecular weight excluding hydrogens is 361 g/mol. The Kier molecular flexibility index (Phi) is 7.12. The molecule has 0 aliphatic carbocycles. The molecule has 0 amide bonds. The number of halogens is 1. The Hall–Kier alpha value is -2.31. The molecule has 3 rings (SSSR count). The molecule has 0 spiro atoms. The predicted molar refractivity (Wildman–Crippen MR) is 106 cm³/mol. The molecule has 1 heterocycles. The minimum Gasteiger partial charge on any atom is -0.493 e. The number of hydrogen-bond acceptors (Lipinski definition) is 5. The van der Waals surface area contributed by atoms with Gasteiger partial charge >= 0.3 is 0 Å². The highest BCUT2D eigenvalue weighted by Crippen LogP contribution is 2.40. The van der Waals surface area contributed by atoms with Gasteiger partial charge in [-0.2, -0.15) is 0 Å². The van der Waals surface area contributed by atoms with E-state index in [1.807, 2.05) is 24.3 Å². The Labute approximate surface area is 166 Å². The summed E-state index contributed by atoms with van der Waals surface area (Å²) in [6, 6.07) is 10.5. The lowest BCUT2D eigenvalue weighted by Crippen LogP contribution is -2.31. The minimum absolute atomic E-state index is 0.214. The van der Waals surface area contributed by atoms with E-state index in [4.69, 9.17) is 18.9 Å². The summed E-state index contributed by atoms with van der Waals surface area (Å²) in [5.41, 5.74) is 2.05. The Morgan fingerprint density at radius 1 is 0.964 bits per heavy atom. The molecule has 1 aliphatic rings. The molecule has 2 aromatic carbocycles. The molecule has 1 saturated heterocycles. The quantitative estimate of drug-likeness (QED) is 0.648. The van der Waals surface area contributed by atoms with Gasteiger partial charge in [0, 0.05) is 31.8 Å². The van der Waals surface area contributed by atoms with Crippen LogP contribution >= 0.6 is 0 Å². The van der Waals surface area contributed by atoms with Crippen molar-refractivity contribution in [2.45, 2.75) is 32.0 Å². The Bertz CT molecular complexity index is 760. The Balaban J connectivity index is 1.84. The van der Waals surface area contributed by atoms with Crippen LogP contribution in [0.5, 0.6) is 17.2 Å². The van der Waals surface area contributed by atoms with Gasteiger partial charge in [-0.3, -0.25) is 4.90 Å². The lowest BCUT2D eigenvalue weighted by atomic mass is 10.1. The molecule has 0 aromatic heterocycles. The largest absolute Gasteiger partial charge is 0.493 e. The van der Waals surface area contributed by atoms with Crippen molar-refractivity contribution in [2.24, 2.45) is 0 Å². The first-order valence-electron chi connectivity index (χ1n) is 9.50. The second-order valence-electron chi connectivity index (χ2n) is 6.92. The Morgan fingerprint density at radius 3 is 2.32 bits per heavy atom. The fourth-order valence-corrected chi connectivity index (χ4v) is 3.64. The van der Waals surface area contributed by atoms with E-state index in [2.05, 4.69) is 4.90 Å². The topological polar surface area (TPSA) is 40.2 Å². The van der Waals surface area contributed by atoms with Crippen molar-refractivity contribution in [3.05, 3.63) is 53.3 Å². The molecule has 1 aliphatic heterocycles. The first-order valence-corrected chi connectivity index (χ1v) is 9.50. The van der Waals surface area contributed by atoms with Crippen LogP contribution in [0.25, 0.3) is 0 Å². The number of rotatable bonds is 9. The number of methoxy groups -OCH3 is 3. The van der Waals surface area contributed by atoms with Gasteiger partial charge in [0.1, 0.15) is 5.82 Å². The highest BCUT2D eigenvalue weighted by atomic mass is 19.1. The number of hydrogen-bond donors (Lipinski definition) is 0. The molecule has 1 atom stereocenters. The van der Waals surface area contributed by atoms with Gasteiger partial charge in [-0.25, -0.2) is 4.39 Å². The van der Waals surface area contributed by atoms with Gasteiger partial charge in [0.25, 0.3) is 0 Å². The van der Waals surface area contributed by atoms with Gasteiger partial charge in [-0.05, 0) is 36.6 Å². The van der Waals surface area contributed by atoms with Crippen LogP contribution in [-0.2, 0) is 17.8 Å². The number of ether oxygens (including phenoxy) is 4. The molecule has 1 fully saturated rings. The van der Waals surface area contributed by atoms with Crippen molar-refractivity contribution in [2.75, 3.05) is 34.5 Å². The van der Waals surface area contributed by atoms with Crippen molar-refractivity contribution in [1.82, 2.24) is 4.90 Å². The van der Waals surface area contributed by atoms with Crippen molar-refractivity contribution >= 4 is 0 Å². The van der Waals surface area contributed by atoms with E-state index in [1.54, 1.807) is 21.3 Å². The van der Waals surface area contributed by atoms with Gasteiger partial charge in [-0.15, -0.1) is 0 Å². The van der Waals surface area contributed by atoms with E-state index in [-0.39, 0.29) is 11.9 Å². The van der Waals surface area contributed by atoms with E-state index in [0.29, 0.717) is 30.3 Å². The number of nitrogens with zero attached hydrogens (tertiary/aromatic N) is 1. The molecular formula is C22H28FNO4.